The number of aliphatic imine (C=N–C) groups is 1. The number of alkyl carbamates (subject to hydrolysis) is 1. The van der Waals surface area contributed by atoms with Gasteiger partial charge in [0.15, 0.2) is 0 Å². The lowest BCUT2D eigenvalue weighted by Crippen LogP contribution is -2.42. The summed E-state index contributed by atoms with van der Waals surface area (Å²) in [6.45, 7) is 12.0. The molecular formula is C37H48N6O3. The zero-order chi connectivity index (χ0) is 33.0. The number of hydrogen-bond acceptors (Lipinski definition) is 6. The first kappa shape index (κ1) is 32.9. The van der Waals surface area contributed by atoms with E-state index in [1.54, 1.807) is 7.11 Å². The number of aromatic nitrogens is 2. The van der Waals surface area contributed by atoms with E-state index in [2.05, 4.69) is 67.9 Å². The molecule has 1 saturated carbocycles. The van der Waals surface area contributed by atoms with E-state index in [1.807, 2.05) is 43.6 Å². The van der Waals surface area contributed by atoms with Crippen molar-refractivity contribution in [1.82, 2.24) is 14.9 Å². The summed E-state index contributed by atoms with van der Waals surface area (Å²) in [7, 11) is 1.68. The molecule has 0 spiro atoms. The van der Waals surface area contributed by atoms with E-state index in [4.69, 9.17) is 25.3 Å². The van der Waals surface area contributed by atoms with Gasteiger partial charge < -0.3 is 25.8 Å². The van der Waals surface area contributed by atoms with Crippen LogP contribution in [0.5, 0.6) is 5.75 Å². The number of anilines is 1. The lowest BCUT2D eigenvalue weighted by molar-refractivity contribution is 0.0492. The fourth-order valence-corrected chi connectivity index (χ4v) is 6.24. The summed E-state index contributed by atoms with van der Waals surface area (Å²) < 4.78 is 12.8. The van der Waals surface area contributed by atoms with Gasteiger partial charge in [-0.1, -0.05) is 38.1 Å². The highest BCUT2D eigenvalue weighted by Gasteiger charge is 2.26. The molecule has 244 valence electrons. The van der Waals surface area contributed by atoms with Gasteiger partial charge in [0.25, 0.3) is 0 Å². The third-order valence-corrected chi connectivity index (χ3v) is 8.65. The Balaban J connectivity index is 1.50. The number of nitrogens with two attached hydrogens (primary N) is 1. The fraction of sp³-hybridized carbons (Fsp3) is 0.432. The van der Waals surface area contributed by atoms with Crippen LogP contribution < -0.4 is 21.1 Å². The minimum Gasteiger partial charge on any atom is -0.497 e. The predicted molar refractivity (Wildman–Crippen MR) is 187 cm³/mol. The molecule has 5 rings (SSSR count). The quantitative estimate of drug-likeness (QED) is 0.130. The number of methoxy groups -OCH3 is 1. The Morgan fingerprint density at radius 1 is 1.04 bits per heavy atom. The van der Waals surface area contributed by atoms with Crippen molar-refractivity contribution >= 4 is 28.8 Å². The highest BCUT2D eigenvalue weighted by Crippen LogP contribution is 2.34. The smallest absolute Gasteiger partial charge is 0.407 e. The zero-order valence-corrected chi connectivity index (χ0v) is 28.2. The van der Waals surface area contributed by atoms with E-state index in [1.165, 1.54) is 11.1 Å². The standard InChI is InChI=1S/C37H48N6O3/c1-8-24-11-10-12-25(9-2)33(24)42-35(38)31-21-39-43-22-26(30-18-17-29(45-7)19-23(30)3)20-32(43)34(31)40-27-13-15-28(16-14-27)41-36(44)46-37(4,5)6/h10-12,17-22,27-28,40H,8-9,13-16H2,1-7H3,(H2,38,42)(H,41,44)/t27-,28-. The molecule has 2 aromatic heterocycles. The van der Waals surface area contributed by atoms with Gasteiger partial charge in [-0.25, -0.2) is 14.3 Å². The lowest BCUT2D eigenvalue weighted by atomic mass is 9.91. The molecule has 0 atom stereocenters. The minimum atomic E-state index is -0.524. The Hall–Kier alpha value is -4.53. The van der Waals surface area contributed by atoms with E-state index in [0.717, 1.165) is 83.4 Å². The molecule has 46 heavy (non-hydrogen) atoms. The Bertz CT molecular complexity index is 1700. The molecule has 1 aliphatic carbocycles. The topological polar surface area (TPSA) is 115 Å². The van der Waals surface area contributed by atoms with E-state index >= 15 is 0 Å². The summed E-state index contributed by atoms with van der Waals surface area (Å²) in [5.74, 6) is 1.25. The molecule has 0 unspecified atom stereocenters. The van der Waals surface area contributed by atoms with Gasteiger partial charge in [0.1, 0.15) is 17.2 Å². The highest BCUT2D eigenvalue weighted by atomic mass is 16.6. The molecule has 1 fully saturated rings. The van der Waals surface area contributed by atoms with Crippen LogP contribution in [-0.2, 0) is 17.6 Å². The number of nitrogens with one attached hydrogen (secondary N) is 2. The number of ether oxygens (including phenoxy) is 2. The molecular weight excluding hydrogens is 576 g/mol. The number of rotatable bonds is 9. The summed E-state index contributed by atoms with van der Waals surface area (Å²) in [5.41, 5.74) is 15.5. The van der Waals surface area contributed by atoms with Gasteiger partial charge in [0.05, 0.1) is 35.8 Å². The fourth-order valence-electron chi connectivity index (χ4n) is 6.24. The first-order valence-electron chi connectivity index (χ1n) is 16.4. The number of carbonyl (C=O) groups excluding carboxylic acids is 1. The second-order valence-corrected chi connectivity index (χ2v) is 13.1. The molecule has 0 saturated heterocycles. The molecule has 0 radical (unpaired) electrons. The normalized spacial score (nSPS) is 17.2. The first-order valence-corrected chi connectivity index (χ1v) is 16.4. The van der Waals surface area contributed by atoms with Crippen LogP contribution >= 0.6 is 0 Å². The molecule has 9 nitrogen and oxygen atoms in total. The molecule has 1 aliphatic rings. The van der Waals surface area contributed by atoms with Crippen molar-refractivity contribution in [1.29, 1.82) is 0 Å². The van der Waals surface area contributed by atoms with Crippen LogP contribution in [0.15, 0.2) is 59.9 Å². The molecule has 0 bridgehead atoms. The Morgan fingerprint density at radius 3 is 2.33 bits per heavy atom. The summed E-state index contributed by atoms with van der Waals surface area (Å²) >= 11 is 0. The van der Waals surface area contributed by atoms with E-state index < -0.39 is 5.60 Å². The van der Waals surface area contributed by atoms with Crippen LogP contribution in [-0.4, -0.2) is 46.3 Å². The number of para-hydroxylation sites is 1. The number of aryl methyl sites for hydroxylation is 3. The number of nitrogens with zero attached hydrogens (tertiary/aromatic N) is 3. The van der Waals surface area contributed by atoms with Crippen molar-refractivity contribution in [2.24, 2.45) is 10.7 Å². The number of benzene rings is 2. The SMILES string of the molecule is CCc1cccc(CC)c1N=C(N)c1cnn2cc(-c3ccc(OC)cc3C)cc2c1N[C@H]1CC[C@H](NC(=O)OC(C)(C)C)CC1. The third kappa shape index (κ3) is 7.46. The van der Waals surface area contributed by atoms with Gasteiger partial charge in [0, 0.05) is 23.8 Å². The molecule has 9 heteroatoms. The van der Waals surface area contributed by atoms with Crippen molar-refractivity contribution in [2.45, 2.75) is 97.8 Å². The Morgan fingerprint density at radius 2 is 1.72 bits per heavy atom. The van der Waals surface area contributed by atoms with Gasteiger partial charge >= 0.3 is 6.09 Å². The summed E-state index contributed by atoms with van der Waals surface area (Å²) in [6.07, 6.45) is 8.70. The Labute approximate surface area is 272 Å². The van der Waals surface area contributed by atoms with E-state index in [9.17, 15) is 4.79 Å². The number of hydrogen-bond donors (Lipinski definition) is 3. The summed E-state index contributed by atoms with van der Waals surface area (Å²) in [5, 5.41) is 11.7. The zero-order valence-electron chi connectivity index (χ0n) is 28.2. The monoisotopic (exact) mass is 624 g/mol. The Kier molecular flexibility index (Phi) is 9.89. The number of amides is 1. The first-order chi connectivity index (χ1) is 22.0. The van der Waals surface area contributed by atoms with Gasteiger partial charge in [-0.15, -0.1) is 0 Å². The lowest BCUT2D eigenvalue weighted by Gasteiger charge is -2.31. The van der Waals surface area contributed by atoms with Crippen LogP contribution in [0.25, 0.3) is 16.6 Å². The van der Waals surface area contributed by atoms with Crippen molar-refractivity contribution in [3.8, 4) is 16.9 Å². The summed E-state index contributed by atoms with van der Waals surface area (Å²) in [6, 6.07) is 14.8. The molecule has 1 amide bonds. The van der Waals surface area contributed by atoms with Crippen LogP contribution in [0.3, 0.4) is 0 Å². The second kappa shape index (κ2) is 13.8. The van der Waals surface area contributed by atoms with E-state index in [-0.39, 0.29) is 18.2 Å². The van der Waals surface area contributed by atoms with Crippen LogP contribution in [0.2, 0.25) is 0 Å². The van der Waals surface area contributed by atoms with Gasteiger partial charge in [0.2, 0.25) is 0 Å². The van der Waals surface area contributed by atoms with Gasteiger partial charge in [-0.05, 0) is 107 Å². The third-order valence-electron chi connectivity index (χ3n) is 8.65. The van der Waals surface area contributed by atoms with Gasteiger partial charge in [-0.2, -0.15) is 5.10 Å². The van der Waals surface area contributed by atoms with Crippen molar-refractivity contribution in [2.75, 3.05) is 12.4 Å². The molecule has 4 N–H and O–H groups in total. The van der Waals surface area contributed by atoms with Crippen LogP contribution in [0, 0.1) is 6.92 Å². The van der Waals surface area contributed by atoms with E-state index in [0.29, 0.717) is 5.84 Å². The molecule has 4 aromatic rings. The maximum atomic E-state index is 12.4. The van der Waals surface area contributed by atoms with Crippen LogP contribution in [0.4, 0.5) is 16.2 Å². The second-order valence-electron chi connectivity index (χ2n) is 13.1. The molecule has 2 aromatic carbocycles. The minimum absolute atomic E-state index is 0.0763. The maximum Gasteiger partial charge on any atom is 0.407 e. The number of fused-ring (bicyclic) bond motifs is 1. The molecule has 2 heterocycles. The largest absolute Gasteiger partial charge is 0.497 e. The molecule has 0 aliphatic heterocycles. The van der Waals surface area contributed by atoms with Crippen molar-refractivity contribution in [3.63, 3.8) is 0 Å². The highest BCUT2D eigenvalue weighted by molar-refractivity contribution is 6.06. The summed E-state index contributed by atoms with van der Waals surface area (Å²) in [4.78, 5) is 17.4. The average molecular weight is 625 g/mol. The van der Waals surface area contributed by atoms with Crippen molar-refractivity contribution < 1.29 is 14.3 Å². The number of amidine groups is 1. The maximum absolute atomic E-state index is 12.4. The number of carbonyl (C=O) groups is 1. The van der Waals surface area contributed by atoms with Gasteiger partial charge in [-0.3, -0.25) is 0 Å². The predicted octanol–water partition coefficient (Wildman–Crippen LogP) is 7.73. The van der Waals surface area contributed by atoms with Crippen LogP contribution in [0.1, 0.15) is 82.6 Å². The van der Waals surface area contributed by atoms with Crippen molar-refractivity contribution in [3.05, 3.63) is 77.1 Å². The average Bonchev–Trinajstić information content (AvgIpc) is 3.45.